The molecule has 1 aromatic carbocycles. The van der Waals surface area contributed by atoms with Gasteiger partial charge in [0.15, 0.2) is 5.13 Å². The van der Waals surface area contributed by atoms with Crippen molar-refractivity contribution >= 4 is 33.9 Å². The standard InChI is InChI=1S/C14H18N4OS/c1-8-5-9(2)7-10(6-8)18(4)13(19)11-12(15)17-14(16-3)20-11/h5-7H,15H2,1-4H3,(H,16,17). The maximum Gasteiger partial charge on any atom is 0.272 e. The van der Waals surface area contributed by atoms with Crippen LogP contribution in [0.3, 0.4) is 0 Å². The highest BCUT2D eigenvalue weighted by Gasteiger charge is 2.20. The first kappa shape index (κ1) is 14.3. The monoisotopic (exact) mass is 290 g/mol. The Morgan fingerprint density at radius 2 is 1.90 bits per heavy atom. The number of carbonyl (C=O) groups is 1. The minimum atomic E-state index is -0.147. The van der Waals surface area contributed by atoms with Crippen molar-refractivity contribution in [2.45, 2.75) is 13.8 Å². The van der Waals surface area contributed by atoms with Gasteiger partial charge in [-0.15, -0.1) is 0 Å². The second kappa shape index (κ2) is 5.50. The van der Waals surface area contributed by atoms with E-state index in [0.29, 0.717) is 10.0 Å². The van der Waals surface area contributed by atoms with Gasteiger partial charge in [0.05, 0.1) is 0 Å². The third-order valence-electron chi connectivity index (χ3n) is 2.96. The third-order valence-corrected chi connectivity index (χ3v) is 4.04. The third kappa shape index (κ3) is 2.75. The average Bonchev–Trinajstić information content (AvgIpc) is 2.77. The van der Waals surface area contributed by atoms with Gasteiger partial charge in [-0.1, -0.05) is 17.4 Å². The molecule has 5 nitrogen and oxygen atoms in total. The van der Waals surface area contributed by atoms with Crippen molar-refractivity contribution in [3.63, 3.8) is 0 Å². The zero-order valence-corrected chi connectivity index (χ0v) is 12.8. The molecule has 6 heteroatoms. The van der Waals surface area contributed by atoms with E-state index < -0.39 is 0 Å². The number of aryl methyl sites for hydroxylation is 2. The number of aromatic nitrogens is 1. The maximum atomic E-state index is 12.5. The molecule has 20 heavy (non-hydrogen) atoms. The van der Waals surface area contributed by atoms with Crippen molar-refractivity contribution in [1.82, 2.24) is 4.98 Å². The van der Waals surface area contributed by atoms with Crippen LogP contribution in [0.1, 0.15) is 20.8 Å². The fourth-order valence-corrected chi connectivity index (χ4v) is 2.82. The molecule has 0 radical (unpaired) electrons. The van der Waals surface area contributed by atoms with Crippen LogP contribution in [0.15, 0.2) is 18.2 Å². The van der Waals surface area contributed by atoms with Gasteiger partial charge in [-0.2, -0.15) is 0 Å². The van der Waals surface area contributed by atoms with E-state index in [1.807, 2.05) is 26.0 Å². The lowest BCUT2D eigenvalue weighted by atomic mass is 10.1. The summed E-state index contributed by atoms with van der Waals surface area (Å²) in [5.41, 5.74) is 8.90. The van der Waals surface area contributed by atoms with Crippen molar-refractivity contribution < 1.29 is 4.79 Å². The van der Waals surface area contributed by atoms with Crippen molar-refractivity contribution in [2.24, 2.45) is 0 Å². The largest absolute Gasteiger partial charge is 0.382 e. The number of amides is 1. The number of nitrogen functional groups attached to an aromatic ring is 1. The molecule has 0 aliphatic carbocycles. The second-order valence-corrected chi connectivity index (χ2v) is 5.69. The normalized spacial score (nSPS) is 10.4. The fourth-order valence-electron chi connectivity index (χ4n) is 2.01. The van der Waals surface area contributed by atoms with E-state index >= 15 is 0 Å². The highest BCUT2D eigenvalue weighted by Crippen LogP contribution is 2.28. The summed E-state index contributed by atoms with van der Waals surface area (Å²) in [5, 5.41) is 3.54. The summed E-state index contributed by atoms with van der Waals surface area (Å²) in [7, 11) is 3.49. The van der Waals surface area contributed by atoms with Crippen LogP contribution in [0.25, 0.3) is 0 Å². The molecule has 0 spiro atoms. The number of carbonyl (C=O) groups excluding carboxylic acids is 1. The summed E-state index contributed by atoms with van der Waals surface area (Å²) in [5.74, 6) is 0.118. The summed E-state index contributed by atoms with van der Waals surface area (Å²) < 4.78 is 0. The summed E-state index contributed by atoms with van der Waals surface area (Å²) >= 11 is 1.26. The van der Waals surface area contributed by atoms with Crippen molar-refractivity contribution in [3.05, 3.63) is 34.2 Å². The highest BCUT2D eigenvalue weighted by atomic mass is 32.1. The molecular weight excluding hydrogens is 272 g/mol. The maximum absolute atomic E-state index is 12.5. The Bertz CT molecular complexity index is 630. The lowest BCUT2D eigenvalue weighted by Gasteiger charge is -2.17. The first-order valence-corrected chi connectivity index (χ1v) is 7.04. The summed E-state index contributed by atoms with van der Waals surface area (Å²) in [6.07, 6.45) is 0. The van der Waals surface area contributed by atoms with Gasteiger partial charge in [0.1, 0.15) is 10.7 Å². The molecule has 0 bridgehead atoms. The first-order valence-electron chi connectivity index (χ1n) is 6.22. The summed E-state index contributed by atoms with van der Waals surface area (Å²) in [6, 6.07) is 6.02. The van der Waals surface area contributed by atoms with Crippen LogP contribution in [0.5, 0.6) is 0 Å². The van der Waals surface area contributed by atoms with Gasteiger partial charge in [0.2, 0.25) is 0 Å². The molecule has 0 saturated carbocycles. The van der Waals surface area contributed by atoms with Gasteiger partial charge in [-0.25, -0.2) is 4.98 Å². The van der Waals surface area contributed by atoms with Gasteiger partial charge in [-0.05, 0) is 37.1 Å². The summed E-state index contributed by atoms with van der Waals surface area (Å²) in [6.45, 7) is 4.02. The van der Waals surface area contributed by atoms with E-state index in [4.69, 9.17) is 5.73 Å². The number of nitrogens with two attached hydrogens (primary N) is 1. The number of benzene rings is 1. The van der Waals surface area contributed by atoms with Crippen LogP contribution in [0.4, 0.5) is 16.6 Å². The highest BCUT2D eigenvalue weighted by molar-refractivity contribution is 7.18. The van der Waals surface area contributed by atoms with Crippen LogP contribution < -0.4 is 16.0 Å². The van der Waals surface area contributed by atoms with Crippen molar-refractivity contribution in [1.29, 1.82) is 0 Å². The van der Waals surface area contributed by atoms with Gasteiger partial charge in [0, 0.05) is 19.8 Å². The lowest BCUT2D eigenvalue weighted by Crippen LogP contribution is -2.26. The molecule has 1 heterocycles. The number of thiazole rings is 1. The Morgan fingerprint density at radius 3 is 2.40 bits per heavy atom. The molecule has 1 amide bonds. The minimum absolute atomic E-state index is 0.147. The molecule has 0 aliphatic heterocycles. The van der Waals surface area contributed by atoms with Crippen LogP contribution in [0.2, 0.25) is 0 Å². The number of hydrogen-bond acceptors (Lipinski definition) is 5. The zero-order chi connectivity index (χ0) is 14.9. The molecule has 106 valence electrons. The van der Waals surface area contributed by atoms with Crippen LogP contribution >= 0.6 is 11.3 Å². The molecule has 3 N–H and O–H groups in total. The Labute approximate surface area is 122 Å². The molecule has 0 fully saturated rings. The Morgan fingerprint density at radius 1 is 1.30 bits per heavy atom. The Kier molecular flexibility index (Phi) is 3.94. The van der Waals surface area contributed by atoms with Crippen LogP contribution in [-0.4, -0.2) is 25.0 Å². The molecule has 2 aromatic rings. The molecule has 0 aliphatic rings. The molecule has 1 aromatic heterocycles. The average molecular weight is 290 g/mol. The predicted molar refractivity (Wildman–Crippen MR) is 84.7 cm³/mol. The number of rotatable bonds is 3. The number of nitrogens with one attached hydrogen (secondary N) is 1. The van der Waals surface area contributed by atoms with Crippen LogP contribution in [0, 0.1) is 13.8 Å². The van der Waals surface area contributed by atoms with Crippen molar-refractivity contribution in [3.8, 4) is 0 Å². The van der Waals surface area contributed by atoms with Crippen LogP contribution in [-0.2, 0) is 0 Å². The molecule has 2 rings (SSSR count). The number of hydrogen-bond donors (Lipinski definition) is 2. The van der Waals surface area contributed by atoms with E-state index in [-0.39, 0.29) is 11.7 Å². The fraction of sp³-hybridized carbons (Fsp3) is 0.286. The molecule has 0 unspecified atom stereocenters. The van der Waals surface area contributed by atoms with Gasteiger partial charge >= 0.3 is 0 Å². The number of nitrogens with zero attached hydrogens (tertiary/aromatic N) is 2. The van der Waals surface area contributed by atoms with Gasteiger partial charge in [0.25, 0.3) is 5.91 Å². The Balaban J connectivity index is 2.34. The SMILES string of the molecule is CNc1nc(N)c(C(=O)N(C)c2cc(C)cc(C)c2)s1. The smallest absolute Gasteiger partial charge is 0.272 e. The van der Waals surface area contributed by atoms with E-state index in [0.717, 1.165) is 16.8 Å². The molecular formula is C14H18N4OS. The Hall–Kier alpha value is -2.08. The van der Waals surface area contributed by atoms with E-state index in [9.17, 15) is 4.79 Å². The number of anilines is 3. The van der Waals surface area contributed by atoms with E-state index in [1.165, 1.54) is 11.3 Å². The first-order chi connectivity index (χ1) is 9.42. The van der Waals surface area contributed by atoms with Gasteiger partial charge < -0.3 is 16.0 Å². The van der Waals surface area contributed by atoms with E-state index in [1.54, 1.807) is 19.0 Å². The molecule has 0 atom stereocenters. The zero-order valence-electron chi connectivity index (χ0n) is 12.0. The lowest BCUT2D eigenvalue weighted by molar-refractivity contribution is 0.0997. The summed E-state index contributed by atoms with van der Waals surface area (Å²) in [4.78, 5) is 18.7. The minimum Gasteiger partial charge on any atom is -0.382 e. The quantitative estimate of drug-likeness (QED) is 0.911. The van der Waals surface area contributed by atoms with E-state index in [2.05, 4.69) is 16.4 Å². The van der Waals surface area contributed by atoms with Crippen molar-refractivity contribution in [2.75, 3.05) is 30.0 Å². The van der Waals surface area contributed by atoms with Gasteiger partial charge in [-0.3, -0.25) is 4.79 Å². The predicted octanol–water partition coefficient (Wildman–Crippen LogP) is 2.66. The molecule has 0 saturated heterocycles. The topological polar surface area (TPSA) is 71.2 Å². The second-order valence-electron chi connectivity index (χ2n) is 4.69.